The smallest absolute Gasteiger partial charge is 0.0983 e. The lowest BCUT2D eigenvalue weighted by Gasteiger charge is -2.20. The third kappa shape index (κ3) is 2.61. The van der Waals surface area contributed by atoms with Crippen LogP contribution in [0.4, 0.5) is 0 Å². The Bertz CT molecular complexity index is 315. The van der Waals surface area contributed by atoms with E-state index < -0.39 is 0 Å². The summed E-state index contributed by atoms with van der Waals surface area (Å²) in [6.45, 7) is 1.87. The third-order valence-corrected chi connectivity index (χ3v) is 2.56. The van der Waals surface area contributed by atoms with Crippen LogP contribution in [-0.4, -0.2) is 13.2 Å². The van der Waals surface area contributed by atoms with E-state index in [-0.39, 0.29) is 12.1 Å². The largest absolute Gasteiger partial charge is 0.375 e. The number of nitrogens with two attached hydrogens (primary N) is 1. The molecule has 1 aromatic rings. The fourth-order valence-electron chi connectivity index (χ4n) is 1.36. The molecule has 0 bridgehead atoms. The van der Waals surface area contributed by atoms with E-state index in [9.17, 15) is 0 Å². The summed E-state index contributed by atoms with van der Waals surface area (Å²) in [6, 6.07) is 5.19. The lowest BCUT2D eigenvalue weighted by molar-refractivity contribution is 0.0854. The normalized spacial score (nSPS) is 15.2. The van der Waals surface area contributed by atoms with Crippen LogP contribution in [-0.2, 0) is 4.74 Å². The Morgan fingerprint density at radius 2 is 2.00 bits per heavy atom. The van der Waals surface area contributed by atoms with Gasteiger partial charge in [0.05, 0.1) is 6.10 Å². The van der Waals surface area contributed by atoms with Crippen LogP contribution in [0.15, 0.2) is 18.2 Å². The molecule has 0 aliphatic heterocycles. The fraction of sp³-hybridized carbons (Fsp3) is 0.400. The van der Waals surface area contributed by atoms with Crippen LogP contribution < -0.4 is 5.73 Å². The van der Waals surface area contributed by atoms with E-state index in [1.807, 2.05) is 13.0 Å². The highest BCUT2D eigenvalue weighted by molar-refractivity contribution is 6.35. The van der Waals surface area contributed by atoms with Gasteiger partial charge in [-0.05, 0) is 19.1 Å². The molecule has 0 saturated heterocycles. The molecule has 14 heavy (non-hydrogen) atoms. The van der Waals surface area contributed by atoms with Gasteiger partial charge in [0.1, 0.15) is 0 Å². The molecule has 0 aliphatic rings. The van der Waals surface area contributed by atoms with Gasteiger partial charge in [0.25, 0.3) is 0 Å². The Hall–Kier alpha value is -0.280. The second-order valence-corrected chi connectivity index (χ2v) is 4.02. The van der Waals surface area contributed by atoms with Crippen molar-refractivity contribution in [2.24, 2.45) is 5.73 Å². The Balaban J connectivity index is 3.04. The van der Waals surface area contributed by atoms with Crippen LogP contribution in [0, 0.1) is 0 Å². The summed E-state index contributed by atoms with van der Waals surface area (Å²) in [4.78, 5) is 0. The highest BCUT2D eigenvalue weighted by atomic mass is 35.5. The molecule has 1 aromatic carbocycles. The van der Waals surface area contributed by atoms with Gasteiger partial charge in [-0.2, -0.15) is 0 Å². The van der Waals surface area contributed by atoms with Gasteiger partial charge in [0.15, 0.2) is 0 Å². The van der Waals surface area contributed by atoms with Crippen LogP contribution in [0.5, 0.6) is 0 Å². The molecule has 0 aromatic heterocycles. The molecule has 0 heterocycles. The van der Waals surface area contributed by atoms with E-state index >= 15 is 0 Å². The summed E-state index contributed by atoms with van der Waals surface area (Å²) in [5, 5.41) is 1.19. The van der Waals surface area contributed by atoms with Crippen molar-refractivity contribution in [2.75, 3.05) is 7.11 Å². The lowest BCUT2D eigenvalue weighted by Crippen LogP contribution is -2.26. The molecule has 0 amide bonds. The van der Waals surface area contributed by atoms with Crippen LogP contribution in [0.1, 0.15) is 18.6 Å². The summed E-state index contributed by atoms with van der Waals surface area (Å²) >= 11 is 11.8. The Labute approximate surface area is 94.0 Å². The van der Waals surface area contributed by atoms with Crippen molar-refractivity contribution in [1.29, 1.82) is 0 Å². The minimum Gasteiger partial charge on any atom is -0.375 e. The Kier molecular flexibility index (Phi) is 4.20. The summed E-state index contributed by atoms with van der Waals surface area (Å²) in [6.07, 6.45) is -0.195. The van der Waals surface area contributed by atoms with Gasteiger partial charge in [-0.15, -0.1) is 0 Å². The lowest BCUT2D eigenvalue weighted by atomic mass is 10.0. The number of ether oxygens (including phenoxy) is 1. The first-order chi connectivity index (χ1) is 6.56. The van der Waals surface area contributed by atoms with Crippen molar-refractivity contribution >= 4 is 23.2 Å². The average Bonchev–Trinajstić information content (AvgIpc) is 2.09. The van der Waals surface area contributed by atoms with Crippen LogP contribution in [0.25, 0.3) is 0 Å². The zero-order chi connectivity index (χ0) is 10.7. The molecule has 0 aliphatic carbocycles. The Morgan fingerprint density at radius 3 is 2.43 bits per heavy atom. The predicted molar refractivity (Wildman–Crippen MR) is 59.9 cm³/mol. The molecule has 2 nitrogen and oxygen atoms in total. The number of halogens is 2. The monoisotopic (exact) mass is 233 g/mol. The minimum absolute atomic E-state index is 0.112. The molecule has 0 saturated carbocycles. The first kappa shape index (κ1) is 11.8. The summed E-state index contributed by atoms with van der Waals surface area (Å²) in [7, 11) is 1.61. The SMILES string of the molecule is CO[C@H](c1ccc(Cl)cc1Cl)[C@H](C)N. The van der Waals surface area contributed by atoms with E-state index in [1.165, 1.54) is 0 Å². The number of benzene rings is 1. The number of methoxy groups -OCH3 is 1. The van der Waals surface area contributed by atoms with Crippen molar-refractivity contribution in [3.8, 4) is 0 Å². The highest BCUT2D eigenvalue weighted by Crippen LogP contribution is 2.29. The molecule has 4 heteroatoms. The molecule has 0 unspecified atom stereocenters. The van der Waals surface area contributed by atoms with E-state index in [1.54, 1.807) is 19.2 Å². The predicted octanol–water partition coefficient (Wildman–Crippen LogP) is 3.03. The topological polar surface area (TPSA) is 35.2 Å². The quantitative estimate of drug-likeness (QED) is 0.872. The van der Waals surface area contributed by atoms with Crippen molar-refractivity contribution in [3.63, 3.8) is 0 Å². The molecule has 2 atom stereocenters. The second-order valence-electron chi connectivity index (χ2n) is 3.18. The van der Waals surface area contributed by atoms with Gasteiger partial charge in [0.2, 0.25) is 0 Å². The van der Waals surface area contributed by atoms with Gasteiger partial charge in [-0.3, -0.25) is 0 Å². The van der Waals surface area contributed by atoms with E-state index in [4.69, 9.17) is 33.7 Å². The van der Waals surface area contributed by atoms with Crippen LogP contribution in [0.3, 0.4) is 0 Å². The standard InChI is InChI=1S/C10H13Cl2NO/c1-6(13)10(14-2)8-4-3-7(11)5-9(8)12/h3-6,10H,13H2,1-2H3/t6-,10-/m0/s1. The van der Waals surface area contributed by atoms with Gasteiger partial charge in [0, 0.05) is 28.8 Å². The molecule has 0 spiro atoms. The molecule has 0 radical (unpaired) electrons. The maximum atomic E-state index is 6.03. The van der Waals surface area contributed by atoms with E-state index in [0.29, 0.717) is 10.0 Å². The molecule has 78 valence electrons. The number of rotatable bonds is 3. The van der Waals surface area contributed by atoms with Crippen LogP contribution in [0.2, 0.25) is 10.0 Å². The fourth-order valence-corrected chi connectivity index (χ4v) is 1.87. The Morgan fingerprint density at radius 1 is 1.36 bits per heavy atom. The zero-order valence-corrected chi connectivity index (χ0v) is 9.64. The van der Waals surface area contributed by atoms with Crippen molar-refractivity contribution in [1.82, 2.24) is 0 Å². The van der Waals surface area contributed by atoms with E-state index in [2.05, 4.69) is 0 Å². The van der Waals surface area contributed by atoms with Gasteiger partial charge >= 0.3 is 0 Å². The number of hydrogen-bond acceptors (Lipinski definition) is 2. The van der Waals surface area contributed by atoms with Crippen LogP contribution >= 0.6 is 23.2 Å². The van der Waals surface area contributed by atoms with Crippen molar-refractivity contribution < 1.29 is 4.74 Å². The third-order valence-electron chi connectivity index (χ3n) is 2.00. The minimum atomic E-state index is -0.195. The zero-order valence-electron chi connectivity index (χ0n) is 8.13. The maximum Gasteiger partial charge on any atom is 0.0983 e. The first-order valence-electron chi connectivity index (χ1n) is 4.29. The average molecular weight is 234 g/mol. The summed E-state index contributed by atoms with van der Waals surface area (Å²) in [5.74, 6) is 0. The summed E-state index contributed by atoms with van der Waals surface area (Å²) in [5.41, 5.74) is 6.64. The second kappa shape index (κ2) is 4.99. The summed E-state index contributed by atoms with van der Waals surface area (Å²) < 4.78 is 5.27. The van der Waals surface area contributed by atoms with Crippen molar-refractivity contribution in [3.05, 3.63) is 33.8 Å². The van der Waals surface area contributed by atoms with Crippen molar-refractivity contribution in [2.45, 2.75) is 19.1 Å². The van der Waals surface area contributed by atoms with Gasteiger partial charge in [-0.25, -0.2) is 0 Å². The maximum absolute atomic E-state index is 6.03. The highest BCUT2D eigenvalue weighted by Gasteiger charge is 2.18. The van der Waals surface area contributed by atoms with E-state index in [0.717, 1.165) is 5.56 Å². The molecular weight excluding hydrogens is 221 g/mol. The van der Waals surface area contributed by atoms with Gasteiger partial charge < -0.3 is 10.5 Å². The molecular formula is C10H13Cl2NO. The van der Waals surface area contributed by atoms with Gasteiger partial charge in [-0.1, -0.05) is 29.3 Å². The molecule has 0 fully saturated rings. The molecule has 1 rings (SSSR count). The number of hydrogen-bond donors (Lipinski definition) is 1. The first-order valence-corrected chi connectivity index (χ1v) is 5.05. The molecule has 2 N–H and O–H groups in total.